The van der Waals surface area contributed by atoms with Crippen molar-refractivity contribution in [3.63, 3.8) is 0 Å². The first-order chi connectivity index (χ1) is 13.3. The van der Waals surface area contributed by atoms with Crippen molar-refractivity contribution in [3.8, 4) is 22.8 Å². The monoisotopic (exact) mass is 412 g/mol. The van der Waals surface area contributed by atoms with Crippen LogP contribution < -0.4 is 14.8 Å². The van der Waals surface area contributed by atoms with E-state index in [1.165, 1.54) is 14.2 Å². The summed E-state index contributed by atoms with van der Waals surface area (Å²) in [6.45, 7) is 0. The van der Waals surface area contributed by atoms with Gasteiger partial charge in [-0.1, -0.05) is 0 Å². The molecule has 0 spiro atoms. The van der Waals surface area contributed by atoms with Gasteiger partial charge in [0, 0.05) is 10.9 Å². The highest BCUT2D eigenvalue weighted by Gasteiger charge is 2.24. The SMILES string of the molecule is COc1ccc(OC)c(-c2csc(NC(=O)c3cc(F)c(F)c(F)c3F)n2)c1. The first-order valence-corrected chi connectivity index (χ1v) is 8.56. The highest BCUT2D eigenvalue weighted by Crippen LogP contribution is 2.35. The lowest BCUT2D eigenvalue weighted by molar-refractivity contribution is 0.102. The summed E-state index contributed by atoms with van der Waals surface area (Å²) in [4.78, 5) is 16.3. The van der Waals surface area contributed by atoms with Crippen molar-refractivity contribution in [2.75, 3.05) is 19.5 Å². The van der Waals surface area contributed by atoms with Crippen LogP contribution in [-0.2, 0) is 0 Å². The van der Waals surface area contributed by atoms with E-state index in [4.69, 9.17) is 9.47 Å². The maximum absolute atomic E-state index is 13.8. The Morgan fingerprint density at radius 3 is 2.46 bits per heavy atom. The Bertz CT molecular complexity index is 1060. The maximum Gasteiger partial charge on any atom is 0.260 e. The number of anilines is 1. The number of thiazole rings is 1. The molecule has 28 heavy (non-hydrogen) atoms. The summed E-state index contributed by atoms with van der Waals surface area (Å²) in [5, 5.41) is 3.86. The van der Waals surface area contributed by atoms with E-state index in [1.54, 1.807) is 23.6 Å². The first kappa shape index (κ1) is 19.6. The van der Waals surface area contributed by atoms with E-state index in [2.05, 4.69) is 10.3 Å². The van der Waals surface area contributed by atoms with E-state index >= 15 is 0 Å². The van der Waals surface area contributed by atoms with Crippen molar-refractivity contribution in [2.24, 2.45) is 0 Å². The molecule has 3 rings (SSSR count). The molecule has 1 amide bonds. The zero-order valence-corrected chi connectivity index (χ0v) is 15.3. The van der Waals surface area contributed by atoms with Crippen LogP contribution in [0, 0.1) is 23.3 Å². The number of ether oxygens (including phenoxy) is 2. The van der Waals surface area contributed by atoms with Crippen LogP contribution in [0.1, 0.15) is 10.4 Å². The Morgan fingerprint density at radius 1 is 1.04 bits per heavy atom. The number of carbonyl (C=O) groups is 1. The quantitative estimate of drug-likeness (QED) is 0.377. The molecule has 1 N–H and O–H groups in total. The van der Waals surface area contributed by atoms with Crippen LogP contribution in [0.5, 0.6) is 11.5 Å². The van der Waals surface area contributed by atoms with Crippen molar-refractivity contribution in [1.82, 2.24) is 4.98 Å². The number of hydrogen-bond acceptors (Lipinski definition) is 5. The van der Waals surface area contributed by atoms with Crippen molar-refractivity contribution in [1.29, 1.82) is 0 Å². The minimum absolute atomic E-state index is 0.0365. The smallest absolute Gasteiger partial charge is 0.260 e. The Hall–Kier alpha value is -3.14. The van der Waals surface area contributed by atoms with Gasteiger partial charge in [0.2, 0.25) is 0 Å². The second-order valence-corrected chi connectivity index (χ2v) is 6.26. The minimum atomic E-state index is -2.06. The van der Waals surface area contributed by atoms with Gasteiger partial charge in [-0.25, -0.2) is 22.5 Å². The number of halogens is 4. The van der Waals surface area contributed by atoms with Crippen LogP contribution in [0.4, 0.5) is 22.7 Å². The van der Waals surface area contributed by atoms with E-state index in [9.17, 15) is 22.4 Å². The molecule has 0 unspecified atom stereocenters. The van der Waals surface area contributed by atoms with Crippen molar-refractivity contribution < 1.29 is 31.8 Å². The van der Waals surface area contributed by atoms with E-state index in [-0.39, 0.29) is 11.2 Å². The molecule has 0 aliphatic carbocycles. The summed E-state index contributed by atoms with van der Waals surface area (Å²) in [7, 11) is 2.97. The average Bonchev–Trinajstić information content (AvgIpc) is 3.16. The number of aromatic nitrogens is 1. The summed E-state index contributed by atoms with van der Waals surface area (Å²) >= 11 is 0.994. The van der Waals surface area contributed by atoms with Crippen LogP contribution in [0.25, 0.3) is 11.3 Å². The van der Waals surface area contributed by atoms with Gasteiger partial charge in [0.15, 0.2) is 28.4 Å². The summed E-state index contributed by atoms with van der Waals surface area (Å²) in [5.41, 5.74) is 0.0174. The molecule has 5 nitrogen and oxygen atoms in total. The fraction of sp³-hybridized carbons (Fsp3) is 0.111. The van der Waals surface area contributed by atoms with Crippen LogP contribution in [-0.4, -0.2) is 25.1 Å². The number of carbonyl (C=O) groups excluding carboxylic acids is 1. The number of methoxy groups -OCH3 is 2. The molecule has 0 bridgehead atoms. The number of nitrogens with zero attached hydrogens (tertiary/aromatic N) is 1. The molecule has 146 valence electrons. The van der Waals surface area contributed by atoms with Gasteiger partial charge >= 0.3 is 0 Å². The predicted molar refractivity (Wildman–Crippen MR) is 94.9 cm³/mol. The van der Waals surface area contributed by atoms with E-state index in [1.807, 2.05) is 0 Å². The maximum atomic E-state index is 13.8. The molecular formula is C18H12F4N2O3S. The van der Waals surface area contributed by atoms with Gasteiger partial charge in [-0.05, 0) is 24.3 Å². The molecule has 0 fully saturated rings. The first-order valence-electron chi connectivity index (χ1n) is 7.68. The van der Waals surface area contributed by atoms with Crippen LogP contribution in [0.15, 0.2) is 29.6 Å². The summed E-state index contributed by atoms with van der Waals surface area (Å²) in [5.74, 6) is -7.64. The lowest BCUT2D eigenvalue weighted by Gasteiger charge is -2.08. The Kier molecular flexibility index (Phi) is 5.50. The number of nitrogens with one attached hydrogen (secondary N) is 1. The van der Waals surface area contributed by atoms with Gasteiger partial charge < -0.3 is 9.47 Å². The largest absolute Gasteiger partial charge is 0.497 e. The third-order valence-corrected chi connectivity index (χ3v) is 4.51. The highest BCUT2D eigenvalue weighted by molar-refractivity contribution is 7.14. The van der Waals surface area contributed by atoms with Crippen LogP contribution >= 0.6 is 11.3 Å². The van der Waals surface area contributed by atoms with E-state index in [0.717, 1.165) is 11.3 Å². The van der Waals surface area contributed by atoms with Gasteiger partial charge in [-0.15, -0.1) is 11.3 Å². The fourth-order valence-corrected chi connectivity index (χ4v) is 3.08. The fourth-order valence-electron chi connectivity index (χ4n) is 2.37. The summed E-state index contributed by atoms with van der Waals surface area (Å²) in [6.07, 6.45) is 0. The van der Waals surface area contributed by atoms with E-state index in [0.29, 0.717) is 22.8 Å². The second-order valence-electron chi connectivity index (χ2n) is 5.41. The molecule has 0 saturated carbocycles. The molecule has 2 aromatic carbocycles. The minimum Gasteiger partial charge on any atom is -0.497 e. The van der Waals surface area contributed by atoms with Gasteiger partial charge in [-0.2, -0.15) is 0 Å². The van der Waals surface area contributed by atoms with Crippen LogP contribution in [0.3, 0.4) is 0 Å². The van der Waals surface area contributed by atoms with Crippen LogP contribution in [0.2, 0.25) is 0 Å². The van der Waals surface area contributed by atoms with Gasteiger partial charge in [0.05, 0.1) is 25.5 Å². The topological polar surface area (TPSA) is 60.5 Å². The zero-order valence-electron chi connectivity index (χ0n) is 14.5. The van der Waals surface area contributed by atoms with Gasteiger partial charge in [-0.3, -0.25) is 10.1 Å². The Balaban J connectivity index is 1.89. The number of rotatable bonds is 5. The number of benzene rings is 2. The third kappa shape index (κ3) is 3.63. The van der Waals surface area contributed by atoms with Crippen molar-refractivity contribution >= 4 is 22.4 Å². The second kappa shape index (κ2) is 7.85. The molecule has 0 aliphatic rings. The predicted octanol–water partition coefficient (Wildman–Crippen LogP) is 4.64. The number of hydrogen-bond donors (Lipinski definition) is 1. The molecule has 3 aromatic rings. The molecule has 0 radical (unpaired) electrons. The van der Waals surface area contributed by atoms with Gasteiger partial charge in [0.1, 0.15) is 11.5 Å². The average molecular weight is 412 g/mol. The molecule has 1 heterocycles. The number of amides is 1. The standard InChI is InChI=1S/C18H12F4N2O3S/c1-26-8-3-4-13(27-2)9(5-8)12-7-28-18(23-12)24-17(25)10-6-11(19)15(21)16(22)14(10)20/h3-7H,1-2H3,(H,23,24,25). The third-order valence-electron chi connectivity index (χ3n) is 3.75. The van der Waals surface area contributed by atoms with Crippen molar-refractivity contribution in [3.05, 3.63) is 58.5 Å². The lowest BCUT2D eigenvalue weighted by atomic mass is 10.1. The lowest BCUT2D eigenvalue weighted by Crippen LogP contribution is -2.16. The Morgan fingerprint density at radius 2 is 1.79 bits per heavy atom. The van der Waals surface area contributed by atoms with Crippen molar-refractivity contribution in [2.45, 2.75) is 0 Å². The molecular weight excluding hydrogens is 400 g/mol. The van der Waals surface area contributed by atoms with E-state index < -0.39 is 34.7 Å². The molecule has 0 aliphatic heterocycles. The summed E-state index contributed by atoms with van der Waals surface area (Å²) in [6, 6.07) is 5.32. The molecule has 0 saturated heterocycles. The Labute approximate surface area is 160 Å². The molecule has 10 heteroatoms. The molecule has 0 atom stereocenters. The normalized spacial score (nSPS) is 10.6. The molecule has 1 aromatic heterocycles. The zero-order chi connectivity index (χ0) is 20.4. The van der Waals surface area contributed by atoms with Gasteiger partial charge in [0.25, 0.3) is 5.91 Å². The highest BCUT2D eigenvalue weighted by atomic mass is 32.1. The summed E-state index contributed by atoms with van der Waals surface area (Å²) < 4.78 is 63.8.